The number of amides is 2. The van der Waals surface area contributed by atoms with Gasteiger partial charge in [-0.25, -0.2) is 4.68 Å². The molecule has 2 heterocycles. The molecular formula is C20H20N6O2. The van der Waals surface area contributed by atoms with Gasteiger partial charge in [-0.3, -0.25) is 9.59 Å². The molecule has 0 saturated carbocycles. The maximum Gasteiger partial charge on any atom is 0.229 e. The van der Waals surface area contributed by atoms with Crippen LogP contribution in [0.3, 0.4) is 0 Å². The highest BCUT2D eigenvalue weighted by Crippen LogP contribution is 2.21. The van der Waals surface area contributed by atoms with Gasteiger partial charge >= 0.3 is 0 Å². The summed E-state index contributed by atoms with van der Waals surface area (Å²) < 4.78 is 1.51. The summed E-state index contributed by atoms with van der Waals surface area (Å²) in [6.07, 6.45) is 2.52. The molecule has 1 saturated heterocycles. The Balaban J connectivity index is 1.35. The monoisotopic (exact) mass is 376 g/mol. The first kappa shape index (κ1) is 17.8. The third-order valence-corrected chi connectivity index (χ3v) is 4.83. The zero-order valence-corrected chi connectivity index (χ0v) is 15.2. The summed E-state index contributed by atoms with van der Waals surface area (Å²) in [6, 6.07) is 17.3. The van der Waals surface area contributed by atoms with E-state index in [0.717, 1.165) is 12.1 Å². The largest absolute Gasteiger partial charge is 0.342 e. The lowest BCUT2D eigenvalue weighted by Crippen LogP contribution is -2.30. The van der Waals surface area contributed by atoms with E-state index in [9.17, 15) is 9.59 Å². The minimum Gasteiger partial charge on any atom is -0.342 e. The SMILES string of the molecule is O=C(Nc1cccc(-n2cnnn2)c1)[C@H]1CC(=O)N(CCc2ccccc2)C1. The van der Waals surface area contributed by atoms with Crippen LogP contribution >= 0.6 is 0 Å². The van der Waals surface area contributed by atoms with Gasteiger partial charge in [0.05, 0.1) is 11.6 Å². The van der Waals surface area contributed by atoms with Gasteiger partial charge in [0.1, 0.15) is 6.33 Å². The van der Waals surface area contributed by atoms with Crippen LogP contribution < -0.4 is 5.32 Å². The Kier molecular flexibility index (Phi) is 5.09. The highest BCUT2D eigenvalue weighted by Gasteiger charge is 2.34. The van der Waals surface area contributed by atoms with Crippen LogP contribution in [0.5, 0.6) is 0 Å². The molecule has 0 aliphatic carbocycles. The first-order chi connectivity index (χ1) is 13.7. The van der Waals surface area contributed by atoms with E-state index in [-0.39, 0.29) is 24.2 Å². The fraction of sp³-hybridized carbons (Fsp3) is 0.250. The minimum absolute atomic E-state index is 0.0264. The Bertz CT molecular complexity index is 958. The fourth-order valence-corrected chi connectivity index (χ4v) is 3.32. The molecule has 1 aliphatic heterocycles. The summed E-state index contributed by atoms with van der Waals surface area (Å²) in [6.45, 7) is 1.07. The summed E-state index contributed by atoms with van der Waals surface area (Å²) in [5.74, 6) is -0.470. The standard InChI is InChI=1S/C20H20N6O2/c27-19-11-16(13-25(19)10-9-15-5-2-1-3-6-15)20(28)22-17-7-4-8-18(12-17)26-14-21-23-24-26/h1-8,12,14,16H,9-11,13H2,(H,22,28)/t16-/m0/s1. The summed E-state index contributed by atoms with van der Waals surface area (Å²) in [5, 5.41) is 14.0. The maximum atomic E-state index is 12.6. The van der Waals surface area contributed by atoms with Crippen molar-refractivity contribution in [2.75, 3.05) is 18.4 Å². The lowest BCUT2D eigenvalue weighted by Gasteiger charge is -2.16. The molecule has 1 aliphatic rings. The Morgan fingerprint density at radius 2 is 2.00 bits per heavy atom. The number of hydrogen-bond donors (Lipinski definition) is 1. The molecule has 1 fully saturated rings. The molecule has 1 atom stereocenters. The average molecular weight is 376 g/mol. The quantitative estimate of drug-likeness (QED) is 0.707. The van der Waals surface area contributed by atoms with Crippen molar-refractivity contribution < 1.29 is 9.59 Å². The molecule has 4 rings (SSSR count). The Labute approximate surface area is 162 Å². The van der Waals surface area contributed by atoms with E-state index < -0.39 is 0 Å². The second kappa shape index (κ2) is 7.99. The number of anilines is 1. The van der Waals surface area contributed by atoms with Gasteiger partial charge in [0.25, 0.3) is 0 Å². The molecule has 1 N–H and O–H groups in total. The van der Waals surface area contributed by atoms with E-state index in [4.69, 9.17) is 0 Å². The first-order valence-corrected chi connectivity index (χ1v) is 9.15. The van der Waals surface area contributed by atoms with Gasteiger partial charge in [0, 0.05) is 25.2 Å². The summed E-state index contributed by atoms with van der Waals surface area (Å²) in [5.41, 5.74) is 2.57. The molecule has 0 unspecified atom stereocenters. The number of benzene rings is 2. The molecular weight excluding hydrogens is 356 g/mol. The molecule has 2 amide bonds. The van der Waals surface area contributed by atoms with E-state index in [0.29, 0.717) is 18.8 Å². The van der Waals surface area contributed by atoms with Crippen LogP contribution in [0, 0.1) is 5.92 Å². The molecule has 28 heavy (non-hydrogen) atoms. The zero-order chi connectivity index (χ0) is 19.3. The third-order valence-electron chi connectivity index (χ3n) is 4.83. The van der Waals surface area contributed by atoms with Crippen molar-refractivity contribution in [1.82, 2.24) is 25.1 Å². The number of likely N-dealkylation sites (tertiary alicyclic amines) is 1. The van der Waals surface area contributed by atoms with Crippen molar-refractivity contribution in [3.8, 4) is 5.69 Å². The van der Waals surface area contributed by atoms with E-state index >= 15 is 0 Å². The van der Waals surface area contributed by atoms with Crippen molar-refractivity contribution in [3.63, 3.8) is 0 Å². The van der Waals surface area contributed by atoms with Crippen LogP contribution in [0.15, 0.2) is 60.9 Å². The van der Waals surface area contributed by atoms with E-state index in [1.807, 2.05) is 42.5 Å². The Hall–Kier alpha value is -3.55. The van der Waals surface area contributed by atoms with Crippen LogP contribution in [-0.4, -0.2) is 50.0 Å². The highest BCUT2D eigenvalue weighted by atomic mass is 16.2. The second-order valence-corrected chi connectivity index (χ2v) is 6.77. The Morgan fingerprint density at radius 1 is 1.14 bits per heavy atom. The van der Waals surface area contributed by atoms with E-state index in [1.165, 1.54) is 16.6 Å². The van der Waals surface area contributed by atoms with Crippen LogP contribution in [0.25, 0.3) is 5.69 Å². The predicted octanol–water partition coefficient (Wildman–Crippen LogP) is 1.69. The molecule has 8 nitrogen and oxygen atoms in total. The minimum atomic E-state index is -0.347. The van der Waals surface area contributed by atoms with Crippen LogP contribution in [-0.2, 0) is 16.0 Å². The number of rotatable bonds is 6. The van der Waals surface area contributed by atoms with E-state index in [1.54, 1.807) is 17.0 Å². The molecule has 3 aromatic rings. The third kappa shape index (κ3) is 4.06. The van der Waals surface area contributed by atoms with E-state index in [2.05, 4.69) is 20.8 Å². The number of hydrogen-bond acceptors (Lipinski definition) is 5. The van der Waals surface area contributed by atoms with Crippen molar-refractivity contribution in [2.24, 2.45) is 5.92 Å². The topological polar surface area (TPSA) is 93.0 Å². The molecule has 0 spiro atoms. The van der Waals surface area contributed by atoms with Crippen molar-refractivity contribution in [2.45, 2.75) is 12.8 Å². The molecule has 1 aromatic heterocycles. The van der Waals surface area contributed by atoms with Gasteiger partial charge in [0.15, 0.2) is 0 Å². The number of aromatic nitrogens is 4. The summed E-state index contributed by atoms with van der Waals surface area (Å²) in [7, 11) is 0. The number of carbonyl (C=O) groups excluding carboxylic acids is 2. The van der Waals surface area contributed by atoms with Crippen LogP contribution in [0.1, 0.15) is 12.0 Å². The maximum absolute atomic E-state index is 12.6. The summed E-state index contributed by atoms with van der Waals surface area (Å²) in [4.78, 5) is 26.7. The van der Waals surface area contributed by atoms with Crippen molar-refractivity contribution in [1.29, 1.82) is 0 Å². The van der Waals surface area contributed by atoms with Crippen molar-refractivity contribution in [3.05, 3.63) is 66.5 Å². The second-order valence-electron chi connectivity index (χ2n) is 6.77. The van der Waals surface area contributed by atoms with Gasteiger partial charge in [-0.2, -0.15) is 0 Å². The van der Waals surface area contributed by atoms with Gasteiger partial charge in [-0.15, -0.1) is 5.10 Å². The number of carbonyl (C=O) groups is 2. The van der Waals surface area contributed by atoms with Crippen molar-refractivity contribution >= 4 is 17.5 Å². The smallest absolute Gasteiger partial charge is 0.229 e. The number of tetrazole rings is 1. The molecule has 8 heteroatoms. The zero-order valence-electron chi connectivity index (χ0n) is 15.2. The van der Waals surface area contributed by atoms with Gasteiger partial charge in [0.2, 0.25) is 11.8 Å². The van der Waals surface area contributed by atoms with Crippen LogP contribution in [0.2, 0.25) is 0 Å². The number of nitrogens with zero attached hydrogens (tertiary/aromatic N) is 5. The lowest BCUT2D eigenvalue weighted by molar-refractivity contribution is -0.128. The molecule has 2 aromatic carbocycles. The van der Waals surface area contributed by atoms with Gasteiger partial charge < -0.3 is 10.2 Å². The highest BCUT2D eigenvalue weighted by molar-refractivity contribution is 5.97. The molecule has 0 radical (unpaired) electrons. The predicted molar refractivity (Wildman–Crippen MR) is 103 cm³/mol. The normalized spacial score (nSPS) is 16.4. The Morgan fingerprint density at radius 3 is 2.79 bits per heavy atom. The molecule has 142 valence electrons. The average Bonchev–Trinajstić information content (AvgIpc) is 3.37. The van der Waals surface area contributed by atoms with Gasteiger partial charge in [-0.1, -0.05) is 36.4 Å². The number of nitrogens with one attached hydrogen (secondary N) is 1. The van der Waals surface area contributed by atoms with Gasteiger partial charge in [-0.05, 0) is 40.6 Å². The lowest BCUT2D eigenvalue weighted by atomic mass is 10.1. The van der Waals surface area contributed by atoms with Crippen LogP contribution in [0.4, 0.5) is 5.69 Å². The fourth-order valence-electron chi connectivity index (χ4n) is 3.32. The molecule has 0 bridgehead atoms. The summed E-state index contributed by atoms with van der Waals surface area (Å²) >= 11 is 0. The first-order valence-electron chi connectivity index (χ1n) is 9.15.